The van der Waals surface area contributed by atoms with Crippen molar-refractivity contribution in [3.8, 4) is 16.3 Å². The summed E-state index contributed by atoms with van der Waals surface area (Å²) < 4.78 is 16.8. The summed E-state index contributed by atoms with van der Waals surface area (Å²) in [7, 11) is 0. The number of amides is 1. The fourth-order valence-electron chi connectivity index (χ4n) is 3.79. The summed E-state index contributed by atoms with van der Waals surface area (Å²) in [6, 6.07) is 7.93. The van der Waals surface area contributed by atoms with Crippen LogP contribution in [-0.2, 0) is 20.7 Å². The molecule has 0 spiro atoms. The van der Waals surface area contributed by atoms with Gasteiger partial charge in [0.15, 0.2) is 6.29 Å². The first-order valence-corrected chi connectivity index (χ1v) is 10.8. The second-order valence-electron chi connectivity index (χ2n) is 7.04. The third-order valence-corrected chi connectivity index (χ3v) is 6.07. The highest BCUT2D eigenvalue weighted by Crippen LogP contribution is 2.28. The molecule has 4 rings (SSSR count). The topological polar surface area (TPSA) is 60.9 Å². The van der Waals surface area contributed by atoms with Crippen LogP contribution in [0, 0.1) is 0 Å². The predicted molar refractivity (Wildman–Crippen MR) is 107 cm³/mol. The molecular weight excluding hydrogens is 376 g/mol. The van der Waals surface area contributed by atoms with Crippen molar-refractivity contribution >= 4 is 17.2 Å². The highest BCUT2D eigenvalue weighted by molar-refractivity contribution is 7.13. The smallest absolute Gasteiger partial charge is 0.229 e. The van der Waals surface area contributed by atoms with Crippen molar-refractivity contribution in [2.45, 2.75) is 44.9 Å². The average Bonchev–Trinajstić information content (AvgIpc) is 3.41. The van der Waals surface area contributed by atoms with E-state index < -0.39 is 0 Å². The molecule has 2 aromatic rings. The van der Waals surface area contributed by atoms with E-state index in [9.17, 15) is 4.79 Å². The van der Waals surface area contributed by atoms with E-state index >= 15 is 0 Å². The first-order chi connectivity index (χ1) is 13.7. The quantitative estimate of drug-likeness (QED) is 0.740. The predicted octanol–water partition coefficient (Wildman–Crippen LogP) is 3.51. The second kappa shape index (κ2) is 9.03. The average molecular weight is 403 g/mol. The molecule has 1 amide bonds. The third kappa shape index (κ3) is 4.37. The van der Waals surface area contributed by atoms with Crippen molar-refractivity contribution < 1.29 is 19.0 Å². The minimum atomic E-state index is -0.279. The molecule has 7 heteroatoms. The molecule has 0 saturated carbocycles. The number of nitrogens with zero attached hydrogens (tertiary/aromatic N) is 2. The van der Waals surface area contributed by atoms with Crippen molar-refractivity contribution in [1.29, 1.82) is 0 Å². The third-order valence-electron chi connectivity index (χ3n) is 5.13. The summed E-state index contributed by atoms with van der Waals surface area (Å²) in [4.78, 5) is 19.6. The molecule has 0 aliphatic carbocycles. The molecule has 0 bridgehead atoms. The van der Waals surface area contributed by atoms with Crippen LogP contribution in [0.5, 0.6) is 5.75 Å². The molecular formula is C21H26N2O4S. The molecule has 0 radical (unpaired) electrons. The number of likely N-dealkylation sites (tertiary alicyclic amines) is 1. The monoisotopic (exact) mass is 402 g/mol. The molecule has 28 heavy (non-hydrogen) atoms. The van der Waals surface area contributed by atoms with Gasteiger partial charge in [0.05, 0.1) is 38.0 Å². The molecule has 2 aliphatic rings. The number of ether oxygens (including phenoxy) is 3. The Morgan fingerprint density at radius 1 is 1.25 bits per heavy atom. The molecule has 150 valence electrons. The molecule has 2 fully saturated rings. The Morgan fingerprint density at radius 3 is 2.79 bits per heavy atom. The molecule has 2 aliphatic heterocycles. The molecule has 1 aromatic heterocycles. The summed E-state index contributed by atoms with van der Waals surface area (Å²) in [6.45, 7) is 4.61. The van der Waals surface area contributed by atoms with Crippen LogP contribution in [0.3, 0.4) is 0 Å². The second-order valence-corrected chi connectivity index (χ2v) is 7.90. The number of hydrogen-bond acceptors (Lipinski definition) is 6. The van der Waals surface area contributed by atoms with Crippen LogP contribution < -0.4 is 4.74 Å². The van der Waals surface area contributed by atoms with Gasteiger partial charge in [0, 0.05) is 17.5 Å². The number of aromatic nitrogens is 1. The van der Waals surface area contributed by atoms with E-state index in [-0.39, 0.29) is 18.2 Å². The van der Waals surface area contributed by atoms with Crippen LogP contribution in [0.2, 0.25) is 0 Å². The minimum Gasteiger partial charge on any atom is -0.494 e. The number of piperidine rings is 1. The van der Waals surface area contributed by atoms with Gasteiger partial charge in [-0.2, -0.15) is 0 Å². The maximum absolute atomic E-state index is 13.0. The van der Waals surface area contributed by atoms with Gasteiger partial charge in [-0.25, -0.2) is 4.98 Å². The van der Waals surface area contributed by atoms with E-state index in [1.165, 1.54) is 0 Å². The maximum atomic E-state index is 13.0. The van der Waals surface area contributed by atoms with Gasteiger partial charge in [-0.15, -0.1) is 11.3 Å². The number of carbonyl (C=O) groups is 1. The molecule has 0 N–H and O–H groups in total. The highest BCUT2D eigenvalue weighted by Gasteiger charge is 2.36. The van der Waals surface area contributed by atoms with Gasteiger partial charge < -0.3 is 19.1 Å². The number of carbonyl (C=O) groups excluding carboxylic acids is 1. The van der Waals surface area contributed by atoms with Crippen LogP contribution in [0.1, 0.15) is 31.9 Å². The molecule has 2 saturated heterocycles. The van der Waals surface area contributed by atoms with Crippen molar-refractivity contribution in [1.82, 2.24) is 9.88 Å². The highest BCUT2D eigenvalue weighted by atomic mass is 32.1. The molecule has 1 unspecified atom stereocenters. The van der Waals surface area contributed by atoms with Gasteiger partial charge in [0.2, 0.25) is 5.91 Å². The lowest BCUT2D eigenvalue weighted by atomic mass is 10.0. The van der Waals surface area contributed by atoms with Crippen LogP contribution in [-0.4, -0.2) is 54.5 Å². The minimum absolute atomic E-state index is 0.0213. The standard InChI is InChI=1S/C21H26N2O4S/c1-2-25-17-8-6-15(7-9-17)20-22-16(14-28-20)13-19(24)23-10-4-3-5-18(23)21-26-11-12-27-21/h6-9,14,18,21H,2-5,10-13H2,1H3. The Hall–Kier alpha value is -1.96. The van der Waals surface area contributed by atoms with Crippen LogP contribution in [0.15, 0.2) is 29.6 Å². The molecule has 1 aromatic carbocycles. The maximum Gasteiger partial charge on any atom is 0.229 e. The van der Waals surface area contributed by atoms with Crippen molar-refractivity contribution in [2.75, 3.05) is 26.4 Å². The van der Waals surface area contributed by atoms with Crippen LogP contribution >= 0.6 is 11.3 Å². The van der Waals surface area contributed by atoms with Gasteiger partial charge >= 0.3 is 0 Å². The van der Waals surface area contributed by atoms with Gasteiger partial charge in [0.1, 0.15) is 10.8 Å². The van der Waals surface area contributed by atoms with E-state index in [2.05, 4.69) is 4.98 Å². The fraction of sp³-hybridized carbons (Fsp3) is 0.524. The number of thiazole rings is 1. The summed E-state index contributed by atoms with van der Waals surface area (Å²) in [6.07, 6.45) is 3.11. The summed E-state index contributed by atoms with van der Waals surface area (Å²) in [5.74, 6) is 0.957. The van der Waals surface area contributed by atoms with Crippen molar-refractivity contribution in [2.24, 2.45) is 0 Å². The van der Waals surface area contributed by atoms with Crippen molar-refractivity contribution in [3.05, 3.63) is 35.3 Å². The zero-order chi connectivity index (χ0) is 19.3. The Bertz CT molecular complexity index is 786. The lowest BCUT2D eigenvalue weighted by Crippen LogP contribution is -2.50. The largest absolute Gasteiger partial charge is 0.494 e. The lowest BCUT2D eigenvalue weighted by Gasteiger charge is -2.38. The summed E-state index contributed by atoms with van der Waals surface area (Å²) in [5, 5.41) is 2.90. The zero-order valence-corrected chi connectivity index (χ0v) is 17.0. The van der Waals surface area contributed by atoms with E-state index in [1.807, 2.05) is 41.5 Å². The first-order valence-electron chi connectivity index (χ1n) is 9.95. The molecule has 6 nitrogen and oxygen atoms in total. The number of benzene rings is 1. The van der Waals surface area contributed by atoms with E-state index in [0.717, 1.165) is 47.8 Å². The summed E-state index contributed by atoms with van der Waals surface area (Å²) >= 11 is 1.56. The van der Waals surface area contributed by atoms with E-state index in [4.69, 9.17) is 14.2 Å². The Morgan fingerprint density at radius 2 is 2.04 bits per heavy atom. The summed E-state index contributed by atoms with van der Waals surface area (Å²) in [5.41, 5.74) is 1.85. The number of hydrogen-bond donors (Lipinski definition) is 0. The van der Waals surface area contributed by atoms with E-state index in [1.54, 1.807) is 11.3 Å². The van der Waals surface area contributed by atoms with Gasteiger partial charge in [-0.3, -0.25) is 4.79 Å². The molecule has 1 atom stereocenters. The zero-order valence-electron chi connectivity index (χ0n) is 16.1. The van der Waals surface area contributed by atoms with Crippen molar-refractivity contribution in [3.63, 3.8) is 0 Å². The van der Waals surface area contributed by atoms with Gasteiger partial charge in [-0.05, 0) is 50.5 Å². The van der Waals surface area contributed by atoms with Crippen LogP contribution in [0.25, 0.3) is 10.6 Å². The van der Waals surface area contributed by atoms with Crippen LogP contribution in [0.4, 0.5) is 0 Å². The van der Waals surface area contributed by atoms with E-state index in [0.29, 0.717) is 26.2 Å². The lowest BCUT2D eigenvalue weighted by molar-refractivity contribution is -0.150. The first kappa shape index (κ1) is 19.4. The Labute approximate surface area is 169 Å². The molecule has 3 heterocycles. The fourth-order valence-corrected chi connectivity index (χ4v) is 4.61. The van der Waals surface area contributed by atoms with Gasteiger partial charge in [-0.1, -0.05) is 0 Å². The normalized spacial score (nSPS) is 20.5. The van der Waals surface area contributed by atoms with Gasteiger partial charge in [0.25, 0.3) is 0 Å². The Kier molecular flexibility index (Phi) is 6.24. The SMILES string of the molecule is CCOc1ccc(-c2nc(CC(=O)N3CCCCC3C3OCCO3)cs2)cc1. The Balaban J connectivity index is 1.41. The number of rotatable bonds is 6.